The van der Waals surface area contributed by atoms with Gasteiger partial charge in [-0.15, -0.1) is 0 Å². The van der Waals surface area contributed by atoms with Crippen LogP contribution in [0.5, 0.6) is 0 Å². The molecule has 16 heavy (non-hydrogen) atoms. The van der Waals surface area contributed by atoms with E-state index in [9.17, 15) is 0 Å². The molecule has 1 fully saturated rings. The molecular formula is C14H30N2. The molecule has 1 aliphatic rings. The van der Waals surface area contributed by atoms with E-state index >= 15 is 0 Å². The minimum Gasteiger partial charge on any atom is -0.314 e. The van der Waals surface area contributed by atoms with Crippen LogP contribution in [0.4, 0.5) is 0 Å². The van der Waals surface area contributed by atoms with Crippen molar-refractivity contribution >= 4 is 0 Å². The van der Waals surface area contributed by atoms with Gasteiger partial charge in [0, 0.05) is 6.04 Å². The van der Waals surface area contributed by atoms with E-state index in [0.29, 0.717) is 0 Å². The van der Waals surface area contributed by atoms with Crippen molar-refractivity contribution in [1.82, 2.24) is 10.2 Å². The average Bonchev–Trinajstić information content (AvgIpc) is 2.78. The number of unbranched alkanes of at least 4 members (excludes halogenated alkanes) is 2. The highest BCUT2D eigenvalue weighted by atomic mass is 15.1. The summed E-state index contributed by atoms with van der Waals surface area (Å²) < 4.78 is 0. The summed E-state index contributed by atoms with van der Waals surface area (Å²) >= 11 is 0. The van der Waals surface area contributed by atoms with Crippen LogP contribution in [0.25, 0.3) is 0 Å². The zero-order valence-corrected chi connectivity index (χ0v) is 11.3. The van der Waals surface area contributed by atoms with Crippen molar-refractivity contribution in [2.24, 2.45) is 0 Å². The van der Waals surface area contributed by atoms with Crippen LogP contribution in [-0.4, -0.2) is 37.6 Å². The average molecular weight is 226 g/mol. The second-order valence-corrected chi connectivity index (χ2v) is 5.30. The Labute approximate surface area is 102 Å². The minimum absolute atomic E-state index is 0.838. The third-order valence-electron chi connectivity index (χ3n) is 3.65. The highest BCUT2D eigenvalue weighted by Gasteiger charge is 2.13. The van der Waals surface area contributed by atoms with Crippen LogP contribution in [-0.2, 0) is 0 Å². The summed E-state index contributed by atoms with van der Waals surface area (Å²) in [5.74, 6) is 0. The van der Waals surface area contributed by atoms with Crippen LogP contribution in [0.3, 0.4) is 0 Å². The molecule has 0 saturated heterocycles. The third kappa shape index (κ3) is 6.49. The summed E-state index contributed by atoms with van der Waals surface area (Å²) in [5, 5.41) is 3.68. The summed E-state index contributed by atoms with van der Waals surface area (Å²) in [6.45, 7) is 6.01. The third-order valence-corrected chi connectivity index (χ3v) is 3.65. The molecule has 0 amide bonds. The first-order valence-electron chi connectivity index (χ1n) is 7.25. The molecule has 0 heterocycles. The lowest BCUT2D eigenvalue weighted by atomic mass is 10.2. The molecule has 0 bridgehead atoms. The number of hydrogen-bond acceptors (Lipinski definition) is 2. The Morgan fingerprint density at radius 1 is 1.06 bits per heavy atom. The Balaban J connectivity index is 1.85. The van der Waals surface area contributed by atoms with Gasteiger partial charge in [0.1, 0.15) is 0 Å². The molecule has 0 atom stereocenters. The fourth-order valence-corrected chi connectivity index (χ4v) is 2.53. The predicted molar refractivity (Wildman–Crippen MR) is 71.9 cm³/mol. The van der Waals surface area contributed by atoms with Gasteiger partial charge in [0.15, 0.2) is 0 Å². The van der Waals surface area contributed by atoms with Gasteiger partial charge in [-0.1, -0.05) is 32.6 Å². The normalized spacial score (nSPS) is 17.4. The van der Waals surface area contributed by atoms with Gasteiger partial charge in [0.05, 0.1) is 0 Å². The maximum Gasteiger partial charge on any atom is 0.00670 e. The lowest BCUT2D eigenvalue weighted by Crippen LogP contribution is -2.30. The van der Waals surface area contributed by atoms with Crippen LogP contribution in [0.2, 0.25) is 0 Å². The first kappa shape index (κ1) is 14.0. The lowest BCUT2D eigenvalue weighted by molar-refractivity contribution is 0.316. The summed E-state index contributed by atoms with van der Waals surface area (Å²) in [6, 6.07) is 0.838. The number of nitrogens with one attached hydrogen (secondary N) is 1. The molecule has 0 aromatic rings. The van der Waals surface area contributed by atoms with E-state index in [0.717, 1.165) is 6.04 Å². The van der Waals surface area contributed by atoms with Gasteiger partial charge in [-0.05, 0) is 52.4 Å². The Bertz CT molecular complexity index is 153. The smallest absolute Gasteiger partial charge is 0.00670 e. The number of nitrogens with zero attached hydrogens (tertiary/aromatic N) is 1. The predicted octanol–water partition coefficient (Wildman–Crippen LogP) is 3.03. The van der Waals surface area contributed by atoms with Crippen molar-refractivity contribution in [3.63, 3.8) is 0 Å². The fraction of sp³-hybridized carbons (Fsp3) is 1.00. The van der Waals surface area contributed by atoms with Gasteiger partial charge >= 0.3 is 0 Å². The summed E-state index contributed by atoms with van der Waals surface area (Å²) in [6.07, 6.45) is 11.1. The summed E-state index contributed by atoms with van der Waals surface area (Å²) in [4.78, 5) is 2.48. The standard InChI is InChI=1S/C14H30N2/c1-3-4-7-12-16(2)13-8-11-15-14-9-5-6-10-14/h14-15H,3-13H2,1-2H3. The van der Waals surface area contributed by atoms with Crippen molar-refractivity contribution in [2.45, 2.75) is 64.3 Å². The van der Waals surface area contributed by atoms with E-state index in [2.05, 4.69) is 24.2 Å². The van der Waals surface area contributed by atoms with Crippen molar-refractivity contribution < 1.29 is 0 Å². The zero-order valence-electron chi connectivity index (χ0n) is 11.3. The number of hydrogen-bond donors (Lipinski definition) is 1. The zero-order chi connectivity index (χ0) is 11.6. The first-order chi connectivity index (χ1) is 7.83. The molecule has 1 N–H and O–H groups in total. The second-order valence-electron chi connectivity index (χ2n) is 5.30. The highest BCUT2D eigenvalue weighted by molar-refractivity contribution is 4.73. The van der Waals surface area contributed by atoms with Crippen LogP contribution < -0.4 is 5.32 Å². The van der Waals surface area contributed by atoms with Crippen LogP contribution in [0, 0.1) is 0 Å². The fourth-order valence-electron chi connectivity index (χ4n) is 2.53. The molecule has 0 aliphatic heterocycles. The van der Waals surface area contributed by atoms with E-state index in [-0.39, 0.29) is 0 Å². The van der Waals surface area contributed by atoms with Crippen molar-refractivity contribution in [2.75, 3.05) is 26.7 Å². The summed E-state index contributed by atoms with van der Waals surface area (Å²) in [5.41, 5.74) is 0. The lowest BCUT2D eigenvalue weighted by Gasteiger charge is -2.17. The highest BCUT2D eigenvalue weighted by Crippen LogP contribution is 2.17. The van der Waals surface area contributed by atoms with Gasteiger partial charge in [0.25, 0.3) is 0 Å². The quantitative estimate of drug-likeness (QED) is 0.608. The Kier molecular flexibility index (Phi) is 7.87. The van der Waals surface area contributed by atoms with Crippen molar-refractivity contribution in [1.29, 1.82) is 0 Å². The van der Waals surface area contributed by atoms with Crippen LogP contribution in [0.1, 0.15) is 58.3 Å². The summed E-state index contributed by atoms with van der Waals surface area (Å²) in [7, 11) is 2.26. The maximum atomic E-state index is 3.68. The monoisotopic (exact) mass is 226 g/mol. The second kappa shape index (κ2) is 9.00. The van der Waals surface area contributed by atoms with Gasteiger partial charge < -0.3 is 10.2 Å². The van der Waals surface area contributed by atoms with Gasteiger partial charge in [-0.3, -0.25) is 0 Å². The van der Waals surface area contributed by atoms with Gasteiger partial charge in [-0.25, -0.2) is 0 Å². The first-order valence-corrected chi connectivity index (χ1v) is 7.25. The van der Waals surface area contributed by atoms with Crippen LogP contribution in [0.15, 0.2) is 0 Å². The van der Waals surface area contributed by atoms with Gasteiger partial charge in [0.2, 0.25) is 0 Å². The molecule has 0 radical (unpaired) electrons. The van der Waals surface area contributed by atoms with Crippen LogP contribution >= 0.6 is 0 Å². The molecule has 2 nitrogen and oxygen atoms in total. The van der Waals surface area contributed by atoms with E-state index in [1.807, 2.05) is 0 Å². The molecule has 1 rings (SSSR count). The molecule has 1 saturated carbocycles. The van der Waals surface area contributed by atoms with Crippen molar-refractivity contribution in [3.8, 4) is 0 Å². The largest absolute Gasteiger partial charge is 0.314 e. The number of rotatable bonds is 9. The maximum absolute atomic E-state index is 3.68. The minimum atomic E-state index is 0.838. The van der Waals surface area contributed by atoms with E-state index < -0.39 is 0 Å². The van der Waals surface area contributed by atoms with E-state index in [1.165, 1.54) is 71.0 Å². The molecule has 0 aromatic carbocycles. The van der Waals surface area contributed by atoms with E-state index in [4.69, 9.17) is 0 Å². The van der Waals surface area contributed by atoms with E-state index in [1.54, 1.807) is 0 Å². The van der Waals surface area contributed by atoms with Gasteiger partial charge in [-0.2, -0.15) is 0 Å². The Hall–Kier alpha value is -0.0800. The van der Waals surface area contributed by atoms with Crippen molar-refractivity contribution in [3.05, 3.63) is 0 Å². The Morgan fingerprint density at radius 2 is 1.75 bits per heavy atom. The molecule has 1 aliphatic carbocycles. The topological polar surface area (TPSA) is 15.3 Å². The molecule has 0 unspecified atom stereocenters. The molecule has 0 spiro atoms. The Morgan fingerprint density at radius 3 is 2.44 bits per heavy atom. The molecule has 0 aromatic heterocycles. The molecular weight excluding hydrogens is 196 g/mol. The molecule has 2 heteroatoms. The SMILES string of the molecule is CCCCCN(C)CCCNC1CCCC1. The molecule has 96 valence electrons.